The summed E-state index contributed by atoms with van der Waals surface area (Å²) in [6, 6.07) is 4.92. The first-order valence-electron chi connectivity index (χ1n) is 5.45. The molecule has 1 aliphatic heterocycles. The Labute approximate surface area is 106 Å². The minimum absolute atomic E-state index is 0.0574. The number of hydrogen-bond acceptors (Lipinski definition) is 4. The summed E-state index contributed by atoms with van der Waals surface area (Å²) in [7, 11) is -3.41. The Bertz CT molecular complexity index is 508. The van der Waals surface area contributed by atoms with Gasteiger partial charge in [-0.15, -0.1) is 0 Å². The van der Waals surface area contributed by atoms with Crippen LogP contribution in [0.4, 0.5) is 5.69 Å². The fraction of sp³-hybridized carbons (Fsp3) is 0.455. The van der Waals surface area contributed by atoms with Crippen molar-refractivity contribution < 1.29 is 8.42 Å². The molecule has 1 aliphatic rings. The number of benzene rings is 1. The zero-order valence-electron chi connectivity index (χ0n) is 9.64. The number of nitrogen functional groups attached to an aromatic ring is 1. The first kappa shape index (κ1) is 12.7. The summed E-state index contributed by atoms with van der Waals surface area (Å²) in [5.41, 5.74) is 6.88. The second kappa shape index (κ2) is 4.88. The molecule has 3 N–H and O–H groups in total. The molecule has 1 fully saturated rings. The van der Waals surface area contributed by atoms with Crippen LogP contribution in [0.3, 0.4) is 0 Å². The number of nitrogens with two attached hydrogens (primary N) is 1. The molecule has 94 valence electrons. The molecule has 1 saturated heterocycles. The van der Waals surface area contributed by atoms with Crippen molar-refractivity contribution in [3.8, 4) is 0 Å². The normalized spacial score (nSPS) is 20.6. The van der Waals surface area contributed by atoms with E-state index < -0.39 is 10.0 Å². The maximum absolute atomic E-state index is 12.2. The van der Waals surface area contributed by atoms with Crippen molar-refractivity contribution in [3.05, 3.63) is 23.8 Å². The third kappa shape index (κ3) is 2.94. The Balaban J connectivity index is 2.24. The molecule has 4 nitrogen and oxygen atoms in total. The second-order valence-corrected chi connectivity index (χ2v) is 7.04. The number of anilines is 1. The van der Waals surface area contributed by atoms with Crippen molar-refractivity contribution in [3.63, 3.8) is 0 Å². The lowest BCUT2D eigenvalue weighted by atomic mass is 10.2. The molecule has 1 unspecified atom stereocenters. The number of thioether (sulfide) groups is 1. The van der Waals surface area contributed by atoms with Crippen LogP contribution in [0.1, 0.15) is 12.0 Å². The van der Waals surface area contributed by atoms with Crippen LogP contribution in [0.2, 0.25) is 0 Å². The minimum atomic E-state index is -3.41. The summed E-state index contributed by atoms with van der Waals surface area (Å²) >= 11 is 1.78. The summed E-state index contributed by atoms with van der Waals surface area (Å²) in [5, 5.41) is 0. The fourth-order valence-corrected chi connectivity index (χ4v) is 4.64. The molecule has 1 heterocycles. The lowest BCUT2D eigenvalue weighted by Gasteiger charge is -2.13. The molecule has 0 amide bonds. The summed E-state index contributed by atoms with van der Waals surface area (Å²) in [6.07, 6.45) is 0.901. The molecule has 0 radical (unpaired) electrons. The predicted molar refractivity (Wildman–Crippen MR) is 71.6 cm³/mol. The highest BCUT2D eigenvalue weighted by Crippen LogP contribution is 2.22. The van der Waals surface area contributed by atoms with Crippen LogP contribution >= 0.6 is 11.8 Å². The second-order valence-electron chi connectivity index (χ2n) is 4.21. The lowest BCUT2D eigenvalue weighted by Crippen LogP contribution is -2.34. The Hall–Kier alpha value is -0.720. The van der Waals surface area contributed by atoms with Gasteiger partial charge in [-0.3, -0.25) is 0 Å². The first-order valence-corrected chi connectivity index (χ1v) is 8.09. The average Bonchev–Trinajstić information content (AvgIpc) is 2.68. The third-order valence-corrected chi connectivity index (χ3v) is 5.58. The van der Waals surface area contributed by atoms with Crippen LogP contribution in [0, 0.1) is 6.92 Å². The highest BCUT2D eigenvalue weighted by atomic mass is 32.2. The fourth-order valence-electron chi connectivity index (χ4n) is 1.88. The monoisotopic (exact) mass is 272 g/mol. The molecule has 1 aromatic carbocycles. The summed E-state index contributed by atoms with van der Waals surface area (Å²) in [6.45, 7) is 1.76. The van der Waals surface area contributed by atoms with E-state index in [9.17, 15) is 8.42 Å². The molecule has 0 aromatic heterocycles. The van der Waals surface area contributed by atoms with Crippen molar-refractivity contribution in [2.75, 3.05) is 17.2 Å². The van der Waals surface area contributed by atoms with Gasteiger partial charge in [-0.25, -0.2) is 13.1 Å². The standard InChI is InChI=1S/C11H16N2O2S2/c1-8-6-9(12)2-3-11(8)17(14,15)13-10-4-5-16-7-10/h2-3,6,10,13H,4-5,7,12H2,1H3. The van der Waals surface area contributed by atoms with Gasteiger partial charge in [0.25, 0.3) is 0 Å². The Morgan fingerprint density at radius 1 is 1.47 bits per heavy atom. The molecule has 2 rings (SSSR count). The van der Waals surface area contributed by atoms with Crippen molar-refractivity contribution in [1.29, 1.82) is 0 Å². The van der Waals surface area contributed by atoms with Crippen LogP contribution in [-0.4, -0.2) is 26.0 Å². The predicted octanol–water partition coefficient (Wildman–Crippen LogP) is 1.36. The van der Waals surface area contributed by atoms with Gasteiger partial charge < -0.3 is 5.73 Å². The van der Waals surface area contributed by atoms with E-state index in [1.165, 1.54) is 0 Å². The lowest BCUT2D eigenvalue weighted by molar-refractivity contribution is 0.562. The maximum atomic E-state index is 12.2. The smallest absolute Gasteiger partial charge is 0.241 e. The molecule has 1 atom stereocenters. The molecule has 0 aliphatic carbocycles. The molecule has 17 heavy (non-hydrogen) atoms. The highest BCUT2D eigenvalue weighted by Gasteiger charge is 2.24. The highest BCUT2D eigenvalue weighted by molar-refractivity contribution is 7.99. The maximum Gasteiger partial charge on any atom is 0.241 e. The van der Waals surface area contributed by atoms with Gasteiger partial charge in [0.1, 0.15) is 0 Å². The third-order valence-electron chi connectivity index (χ3n) is 2.74. The molecular weight excluding hydrogens is 256 g/mol. The van der Waals surface area contributed by atoms with Crippen molar-refractivity contribution >= 4 is 27.5 Å². The van der Waals surface area contributed by atoms with E-state index in [2.05, 4.69) is 4.72 Å². The number of rotatable bonds is 3. The van der Waals surface area contributed by atoms with Gasteiger partial charge in [-0.1, -0.05) is 0 Å². The van der Waals surface area contributed by atoms with Gasteiger partial charge in [0.05, 0.1) is 4.90 Å². The Morgan fingerprint density at radius 3 is 2.82 bits per heavy atom. The zero-order chi connectivity index (χ0) is 12.5. The molecule has 6 heteroatoms. The minimum Gasteiger partial charge on any atom is -0.399 e. The molecule has 1 aromatic rings. The zero-order valence-corrected chi connectivity index (χ0v) is 11.3. The van der Waals surface area contributed by atoms with E-state index in [0.29, 0.717) is 16.1 Å². The van der Waals surface area contributed by atoms with Gasteiger partial charge in [-0.05, 0) is 42.9 Å². The van der Waals surface area contributed by atoms with Crippen molar-refractivity contribution in [1.82, 2.24) is 4.72 Å². The van der Waals surface area contributed by atoms with E-state index >= 15 is 0 Å². The number of sulfonamides is 1. The largest absolute Gasteiger partial charge is 0.399 e. The van der Waals surface area contributed by atoms with E-state index in [0.717, 1.165) is 17.9 Å². The average molecular weight is 272 g/mol. The Kier molecular flexibility index (Phi) is 3.65. The number of nitrogens with one attached hydrogen (secondary N) is 1. The Morgan fingerprint density at radius 2 is 2.24 bits per heavy atom. The van der Waals surface area contributed by atoms with Crippen LogP contribution in [0.5, 0.6) is 0 Å². The van der Waals surface area contributed by atoms with E-state index in [1.54, 1.807) is 36.9 Å². The summed E-state index contributed by atoms with van der Waals surface area (Å²) < 4.78 is 27.1. The van der Waals surface area contributed by atoms with Crippen LogP contribution in [0.25, 0.3) is 0 Å². The van der Waals surface area contributed by atoms with E-state index in [4.69, 9.17) is 5.73 Å². The van der Waals surface area contributed by atoms with Gasteiger partial charge in [0.2, 0.25) is 10.0 Å². The molecular formula is C11H16N2O2S2. The van der Waals surface area contributed by atoms with Gasteiger partial charge in [0, 0.05) is 17.5 Å². The van der Waals surface area contributed by atoms with Crippen molar-refractivity contribution in [2.24, 2.45) is 0 Å². The van der Waals surface area contributed by atoms with Gasteiger partial charge in [0.15, 0.2) is 0 Å². The number of aryl methyl sites for hydroxylation is 1. The number of hydrogen-bond donors (Lipinski definition) is 2. The van der Waals surface area contributed by atoms with Crippen LogP contribution in [-0.2, 0) is 10.0 Å². The van der Waals surface area contributed by atoms with E-state index in [-0.39, 0.29) is 6.04 Å². The van der Waals surface area contributed by atoms with Crippen molar-refractivity contribution in [2.45, 2.75) is 24.3 Å². The van der Waals surface area contributed by atoms with Crippen LogP contribution < -0.4 is 10.5 Å². The first-order chi connectivity index (χ1) is 7.99. The van der Waals surface area contributed by atoms with E-state index in [1.807, 2.05) is 0 Å². The molecule has 0 spiro atoms. The SMILES string of the molecule is Cc1cc(N)ccc1S(=O)(=O)NC1CCSC1. The summed E-state index contributed by atoms with van der Waals surface area (Å²) in [4.78, 5) is 0.323. The topological polar surface area (TPSA) is 72.2 Å². The van der Waals surface area contributed by atoms with Gasteiger partial charge in [-0.2, -0.15) is 11.8 Å². The quantitative estimate of drug-likeness (QED) is 0.815. The van der Waals surface area contributed by atoms with Crippen LogP contribution in [0.15, 0.2) is 23.1 Å². The summed E-state index contributed by atoms with van der Waals surface area (Å²) in [5.74, 6) is 1.88. The molecule has 0 saturated carbocycles. The molecule has 0 bridgehead atoms. The van der Waals surface area contributed by atoms with Gasteiger partial charge >= 0.3 is 0 Å².